The molecule has 3 atom stereocenters. The van der Waals surface area contributed by atoms with Crippen molar-refractivity contribution in [2.45, 2.75) is 42.2 Å². The zero-order valence-corrected chi connectivity index (χ0v) is 25.8. The molecule has 1 aliphatic heterocycles. The van der Waals surface area contributed by atoms with Gasteiger partial charge in [-0.15, -0.1) is 11.3 Å². The second kappa shape index (κ2) is 14.7. The molecule has 45 heavy (non-hydrogen) atoms. The van der Waals surface area contributed by atoms with Crippen LogP contribution >= 0.6 is 11.3 Å². The number of sulfone groups is 1. The summed E-state index contributed by atoms with van der Waals surface area (Å²) in [5.41, 5.74) is 0.857. The monoisotopic (exact) mass is 668 g/mol. The van der Waals surface area contributed by atoms with Gasteiger partial charge in [0.1, 0.15) is 18.0 Å². The number of aliphatic hydroxyl groups excluding tert-OH is 2. The normalized spacial score (nSPS) is 18.1. The first kappa shape index (κ1) is 34.3. The summed E-state index contributed by atoms with van der Waals surface area (Å²) in [4.78, 5) is 1.91. The third-order valence-corrected chi connectivity index (χ3v) is 9.39. The molecule has 2 heterocycles. The summed E-state index contributed by atoms with van der Waals surface area (Å²) >= 11 is 1.07. The first-order chi connectivity index (χ1) is 21.3. The summed E-state index contributed by atoms with van der Waals surface area (Å²) in [6, 6.07) is 10.2. The van der Waals surface area contributed by atoms with Crippen LogP contribution in [0.4, 0.5) is 28.9 Å². The van der Waals surface area contributed by atoms with Crippen molar-refractivity contribution in [3.05, 3.63) is 46.8 Å². The molecule has 0 saturated carbocycles. The third-order valence-electron chi connectivity index (χ3n) is 7.08. The maximum Gasteiger partial charge on any atom is 0.393 e. The van der Waals surface area contributed by atoms with Crippen molar-refractivity contribution >= 4 is 42.6 Å². The predicted molar refractivity (Wildman–Crippen MR) is 164 cm³/mol. The van der Waals surface area contributed by atoms with Crippen LogP contribution in [0.2, 0.25) is 0 Å². The highest BCUT2D eigenvalue weighted by Crippen LogP contribution is 2.39. The molecule has 0 amide bonds. The van der Waals surface area contributed by atoms with Gasteiger partial charge >= 0.3 is 6.18 Å². The molecule has 0 aliphatic carbocycles. The van der Waals surface area contributed by atoms with E-state index in [2.05, 4.69) is 22.5 Å². The third kappa shape index (κ3) is 9.22. The lowest BCUT2D eigenvalue weighted by Crippen LogP contribution is -2.50. The number of likely N-dealkylation sites (tertiary alicyclic amines) is 1. The molecule has 1 aromatic heterocycles. The molecule has 1 aliphatic rings. The largest absolute Gasteiger partial charge is 0.477 e. The number of nitrogens with zero attached hydrogens (tertiary/aromatic N) is 2. The maximum atomic E-state index is 15.1. The Hall–Kier alpha value is -3.60. The lowest BCUT2D eigenvalue weighted by atomic mass is 10.0. The molecule has 0 radical (unpaired) electrons. The van der Waals surface area contributed by atoms with Crippen LogP contribution in [0.15, 0.2) is 41.3 Å². The molecular formula is C30H32F4N4O5S2. The minimum atomic E-state index is -4.50. The number of piperidine rings is 1. The van der Waals surface area contributed by atoms with Crippen LogP contribution in [0.25, 0.3) is 10.1 Å². The van der Waals surface area contributed by atoms with E-state index in [9.17, 15) is 26.7 Å². The molecule has 2 aromatic carbocycles. The molecule has 4 N–H and O–H groups in total. The number of hydrogen-bond donors (Lipinski definition) is 4. The highest BCUT2D eigenvalue weighted by atomic mass is 32.2. The molecule has 3 aromatic rings. The van der Waals surface area contributed by atoms with E-state index in [0.717, 1.165) is 17.6 Å². The number of thiophene rings is 1. The van der Waals surface area contributed by atoms with E-state index in [-0.39, 0.29) is 47.3 Å². The Bertz CT molecular complexity index is 1710. The number of aliphatic hydroxyl groups is 2. The summed E-state index contributed by atoms with van der Waals surface area (Å²) in [7, 11) is -3.54. The molecule has 3 unspecified atom stereocenters. The Labute approximate surface area is 262 Å². The fraction of sp³-hybridized carbons (Fsp3) is 0.433. The number of rotatable bonds is 11. The molecule has 242 valence electrons. The Kier molecular flexibility index (Phi) is 11.2. The van der Waals surface area contributed by atoms with Crippen molar-refractivity contribution in [2.24, 2.45) is 0 Å². The van der Waals surface area contributed by atoms with E-state index in [0.29, 0.717) is 34.4 Å². The Balaban J connectivity index is 1.57. The number of alkyl halides is 4. The van der Waals surface area contributed by atoms with Gasteiger partial charge in [0.05, 0.1) is 57.6 Å². The van der Waals surface area contributed by atoms with Gasteiger partial charge in [-0.2, -0.15) is 18.4 Å². The molecular weight excluding hydrogens is 636 g/mol. The summed E-state index contributed by atoms with van der Waals surface area (Å²) < 4.78 is 85.7. The molecule has 0 spiro atoms. The van der Waals surface area contributed by atoms with Gasteiger partial charge in [-0.3, -0.25) is 4.90 Å². The lowest BCUT2D eigenvalue weighted by molar-refractivity contribution is -0.126. The van der Waals surface area contributed by atoms with E-state index in [4.69, 9.17) is 15.1 Å². The summed E-state index contributed by atoms with van der Waals surface area (Å²) in [6.45, 7) is -0.132. The van der Waals surface area contributed by atoms with Crippen molar-refractivity contribution in [2.75, 3.05) is 56.3 Å². The second-order valence-electron chi connectivity index (χ2n) is 10.6. The number of ether oxygens (including phenoxy) is 1. The van der Waals surface area contributed by atoms with Gasteiger partial charge in [0.25, 0.3) is 0 Å². The van der Waals surface area contributed by atoms with Crippen LogP contribution in [-0.4, -0.2) is 93.7 Å². The highest BCUT2D eigenvalue weighted by Gasteiger charge is 2.33. The van der Waals surface area contributed by atoms with E-state index in [1.807, 2.05) is 6.07 Å². The van der Waals surface area contributed by atoms with Crippen LogP contribution < -0.4 is 15.4 Å². The topological polar surface area (TPSA) is 135 Å². The first-order valence-corrected chi connectivity index (χ1v) is 16.6. The van der Waals surface area contributed by atoms with Gasteiger partial charge in [-0.1, -0.05) is 24.0 Å². The fourth-order valence-corrected chi connectivity index (χ4v) is 6.79. The molecule has 0 bridgehead atoms. The van der Waals surface area contributed by atoms with Gasteiger partial charge in [-0.25, -0.2) is 12.8 Å². The number of halogens is 4. The number of nitrogens with one attached hydrogen (secondary N) is 2. The number of β-amino-alcohol motifs (C(OH)–C–C–N with tert-alkyl or cyclic N) is 1. The number of benzene rings is 2. The highest BCUT2D eigenvalue weighted by molar-refractivity contribution is 7.90. The van der Waals surface area contributed by atoms with E-state index in [1.165, 1.54) is 18.2 Å². The van der Waals surface area contributed by atoms with Crippen LogP contribution in [0.3, 0.4) is 0 Å². The standard InChI is InChI=1S/C30H32F4N4O5S2/c1-45(41,42)20-7-8-25(27(14-20)43-13-10-35)36-11-3-6-28-22(15-30(32,33)34)21-4-2-5-26(29(21)44-28)37-24-9-12-38(17-23(24)31)16-19(40)18-39/h2,4-5,7-8,14,19,23-24,36-37,39-40H,9,11-13,15-18H2,1H3. The van der Waals surface area contributed by atoms with E-state index < -0.39 is 47.4 Å². The average molecular weight is 669 g/mol. The zero-order valence-electron chi connectivity index (χ0n) is 24.2. The SMILES string of the molecule is CS(=O)(=O)c1ccc(NCC#Cc2sc3c(NC4CCN(CC(O)CO)CC4F)cccc3c2CC(F)(F)F)c(OCC#N)c1. The Morgan fingerprint density at radius 2 is 2.02 bits per heavy atom. The van der Waals surface area contributed by atoms with Crippen LogP contribution in [-0.2, 0) is 16.3 Å². The van der Waals surface area contributed by atoms with E-state index in [1.54, 1.807) is 23.1 Å². The smallest absolute Gasteiger partial charge is 0.393 e. The van der Waals surface area contributed by atoms with Gasteiger partial charge in [-0.05, 0) is 35.6 Å². The fourth-order valence-electron chi connectivity index (χ4n) is 4.99. The van der Waals surface area contributed by atoms with Crippen molar-refractivity contribution in [1.29, 1.82) is 5.26 Å². The van der Waals surface area contributed by atoms with Crippen molar-refractivity contribution < 1.29 is 40.9 Å². The first-order valence-electron chi connectivity index (χ1n) is 13.9. The molecule has 15 heteroatoms. The summed E-state index contributed by atoms with van der Waals surface area (Å²) in [6.07, 6.45) is -6.57. The lowest BCUT2D eigenvalue weighted by Gasteiger charge is -2.36. The van der Waals surface area contributed by atoms with Gasteiger partial charge in [0, 0.05) is 32.0 Å². The van der Waals surface area contributed by atoms with Crippen LogP contribution in [0.1, 0.15) is 16.9 Å². The number of nitriles is 1. The number of hydrogen-bond acceptors (Lipinski definition) is 10. The van der Waals surface area contributed by atoms with Crippen molar-refractivity contribution in [3.63, 3.8) is 0 Å². The molecule has 4 rings (SSSR count). The molecule has 9 nitrogen and oxygen atoms in total. The second-order valence-corrected chi connectivity index (χ2v) is 13.6. The number of anilines is 2. The average Bonchev–Trinajstić information content (AvgIpc) is 3.31. The van der Waals surface area contributed by atoms with Crippen LogP contribution in [0.5, 0.6) is 5.75 Å². The van der Waals surface area contributed by atoms with Gasteiger partial charge in [0.15, 0.2) is 16.4 Å². The predicted octanol–water partition coefficient (Wildman–Crippen LogP) is 3.95. The van der Waals surface area contributed by atoms with Gasteiger partial charge < -0.3 is 25.6 Å². The van der Waals surface area contributed by atoms with Gasteiger partial charge in [0.2, 0.25) is 0 Å². The summed E-state index contributed by atoms with van der Waals surface area (Å²) in [5.74, 6) is 5.75. The number of fused-ring (bicyclic) bond motifs is 1. The van der Waals surface area contributed by atoms with E-state index >= 15 is 4.39 Å². The molecule has 1 saturated heterocycles. The minimum Gasteiger partial charge on any atom is -0.477 e. The quantitative estimate of drug-likeness (QED) is 0.177. The maximum absolute atomic E-state index is 15.1. The minimum absolute atomic E-state index is 0.0105. The Morgan fingerprint density at radius 3 is 2.69 bits per heavy atom. The Morgan fingerprint density at radius 1 is 1.24 bits per heavy atom. The van der Waals surface area contributed by atoms with Crippen molar-refractivity contribution in [1.82, 2.24) is 4.90 Å². The van der Waals surface area contributed by atoms with Crippen LogP contribution in [0, 0.1) is 23.2 Å². The summed E-state index contributed by atoms with van der Waals surface area (Å²) in [5, 5.41) is 34.1. The van der Waals surface area contributed by atoms with Crippen molar-refractivity contribution in [3.8, 4) is 23.7 Å². The zero-order chi connectivity index (χ0) is 32.8. The molecule has 1 fully saturated rings.